The molecule has 0 heterocycles. The molecule has 0 bridgehead atoms. The van der Waals surface area contributed by atoms with Crippen LogP contribution < -0.4 is 5.32 Å². The van der Waals surface area contributed by atoms with Gasteiger partial charge in [0.15, 0.2) is 0 Å². The third-order valence-electron chi connectivity index (χ3n) is 2.41. The number of carboxylic acid groups (broad SMARTS) is 1. The lowest BCUT2D eigenvalue weighted by atomic mass is 10.2. The molecule has 0 unspecified atom stereocenters. The van der Waals surface area contributed by atoms with Gasteiger partial charge in [0.25, 0.3) is 0 Å². The Morgan fingerprint density at radius 3 is 2.16 bits per heavy atom. The Morgan fingerprint density at radius 1 is 1.32 bits per heavy atom. The average molecular weight is 284 g/mol. The Labute approximate surface area is 109 Å². The molecule has 0 saturated carbocycles. The lowest BCUT2D eigenvalue weighted by Crippen LogP contribution is -2.52. The molecule has 1 atom stereocenters. The number of nitrogens with one attached hydrogen (secondary N) is 1. The van der Waals surface area contributed by atoms with Gasteiger partial charge in [0.05, 0.1) is 0 Å². The summed E-state index contributed by atoms with van der Waals surface area (Å²) in [4.78, 5) is 23.1. The highest BCUT2D eigenvalue weighted by atomic mass is 19.4. The maximum Gasteiger partial charge on any atom is 0.406 e. The van der Waals surface area contributed by atoms with E-state index in [1.54, 1.807) is 6.92 Å². The Bertz CT molecular complexity index is 319. The number of halogens is 3. The Kier molecular flexibility index (Phi) is 6.64. The molecule has 0 aliphatic heterocycles. The molecule has 0 aliphatic carbocycles. The van der Waals surface area contributed by atoms with E-state index in [0.717, 1.165) is 0 Å². The highest BCUT2D eigenvalue weighted by Gasteiger charge is 2.35. The number of nitrogens with zero attached hydrogens (tertiary/aromatic N) is 1. The highest BCUT2D eigenvalue weighted by molar-refractivity contribution is 5.82. The van der Waals surface area contributed by atoms with Crippen LogP contribution in [0.3, 0.4) is 0 Å². The van der Waals surface area contributed by atoms with Crippen molar-refractivity contribution in [2.24, 2.45) is 0 Å². The van der Waals surface area contributed by atoms with Crippen LogP contribution in [0.1, 0.15) is 33.6 Å². The van der Waals surface area contributed by atoms with Gasteiger partial charge in [0.2, 0.25) is 0 Å². The van der Waals surface area contributed by atoms with Crippen molar-refractivity contribution in [2.75, 3.05) is 6.54 Å². The van der Waals surface area contributed by atoms with E-state index in [4.69, 9.17) is 5.11 Å². The second-order valence-corrected chi connectivity index (χ2v) is 4.47. The first-order valence-corrected chi connectivity index (χ1v) is 5.95. The van der Waals surface area contributed by atoms with Gasteiger partial charge in [-0.25, -0.2) is 9.59 Å². The highest BCUT2D eigenvalue weighted by Crippen LogP contribution is 2.18. The number of carboxylic acids is 1. The number of carbonyl (C=O) groups is 2. The number of carbonyl (C=O) groups excluding carboxylic acids is 1. The van der Waals surface area contributed by atoms with Crippen LogP contribution in [0.15, 0.2) is 0 Å². The molecule has 2 amide bonds. The van der Waals surface area contributed by atoms with Crippen molar-refractivity contribution >= 4 is 12.0 Å². The second kappa shape index (κ2) is 7.20. The minimum absolute atomic E-state index is 0.166. The summed E-state index contributed by atoms with van der Waals surface area (Å²) in [5.74, 6) is -1.26. The quantitative estimate of drug-likeness (QED) is 0.785. The van der Waals surface area contributed by atoms with Gasteiger partial charge in [-0.1, -0.05) is 13.3 Å². The zero-order valence-electron chi connectivity index (χ0n) is 11.1. The van der Waals surface area contributed by atoms with Crippen molar-refractivity contribution in [3.63, 3.8) is 0 Å². The first-order valence-electron chi connectivity index (χ1n) is 5.95. The van der Waals surface area contributed by atoms with E-state index in [0.29, 0.717) is 11.3 Å². The third-order valence-corrected chi connectivity index (χ3v) is 2.41. The molecular formula is C11H19F3N2O3. The smallest absolute Gasteiger partial charge is 0.406 e. The molecule has 19 heavy (non-hydrogen) atoms. The van der Waals surface area contributed by atoms with Crippen molar-refractivity contribution in [1.82, 2.24) is 10.2 Å². The van der Waals surface area contributed by atoms with Crippen molar-refractivity contribution in [3.05, 3.63) is 0 Å². The Morgan fingerprint density at radius 2 is 1.84 bits per heavy atom. The van der Waals surface area contributed by atoms with Crippen LogP contribution in [0, 0.1) is 0 Å². The van der Waals surface area contributed by atoms with E-state index in [9.17, 15) is 22.8 Å². The zero-order valence-corrected chi connectivity index (χ0v) is 11.1. The predicted molar refractivity (Wildman–Crippen MR) is 62.8 cm³/mol. The number of hydrogen-bond acceptors (Lipinski definition) is 2. The van der Waals surface area contributed by atoms with Crippen molar-refractivity contribution in [3.8, 4) is 0 Å². The monoisotopic (exact) mass is 284 g/mol. The maximum atomic E-state index is 12.3. The van der Waals surface area contributed by atoms with Crippen LogP contribution in [0.5, 0.6) is 0 Å². The van der Waals surface area contributed by atoms with Gasteiger partial charge in [-0.15, -0.1) is 0 Å². The van der Waals surface area contributed by atoms with E-state index in [2.05, 4.69) is 5.32 Å². The molecule has 112 valence electrons. The predicted octanol–water partition coefficient (Wildman–Crippen LogP) is 2.22. The number of alkyl halides is 3. The lowest BCUT2D eigenvalue weighted by Gasteiger charge is -2.29. The molecule has 0 aromatic carbocycles. The summed E-state index contributed by atoms with van der Waals surface area (Å²) in [6.45, 7) is 3.18. The summed E-state index contributed by atoms with van der Waals surface area (Å²) < 4.78 is 37.0. The molecule has 0 aromatic rings. The van der Waals surface area contributed by atoms with E-state index in [1.165, 1.54) is 13.8 Å². The fourth-order valence-electron chi connectivity index (χ4n) is 1.46. The number of hydrogen-bond donors (Lipinski definition) is 2. The van der Waals surface area contributed by atoms with E-state index >= 15 is 0 Å². The van der Waals surface area contributed by atoms with E-state index < -0.39 is 36.8 Å². The van der Waals surface area contributed by atoms with Crippen molar-refractivity contribution < 1.29 is 27.9 Å². The van der Waals surface area contributed by atoms with Gasteiger partial charge in [0.1, 0.15) is 12.6 Å². The first-order chi connectivity index (χ1) is 8.58. The summed E-state index contributed by atoms with van der Waals surface area (Å²) in [5, 5.41) is 11.0. The Balaban J connectivity index is 4.76. The number of aliphatic carboxylic acids is 1. The van der Waals surface area contributed by atoms with Crippen LogP contribution in [-0.2, 0) is 4.79 Å². The van der Waals surface area contributed by atoms with Gasteiger partial charge in [0, 0.05) is 6.04 Å². The van der Waals surface area contributed by atoms with Crippen LogP contribution in [0.4, 0.5) is 18.0 Å². The molecule has 0 fully saturated rings. The maximum absolute atomic E-state index is 12.3. The SMILES string of the molecule is CCC[C@@H](NC(=O)N(CC(F)(F)F)C(C)C)C(=O)O. The molecule has 2 N–H and O–H groups in total. The molecule has 0 aliphatic rings. The fraction of sp³-hybridized carbons (Fsp3) is 0.818. The molecule has 0 rings (SSSR count). The van der Waals surface area contributed by atoms with Crippen molar-refractivity contribution in [2.45, 2.75) is 51.9 Å². The van der Waals surface area contributed by atoms with Crippen LogP contribution >= 0.6 is 0 Å². The average Bonchev–Trinajstić information content (AvgIpc) is 2.23. The topological polar surface area (TPSA) is 69.6 Å². The van der Waals surface area contributed by atoms with E-state index in [-0.39, 0.29) is 6.42 Å². The normalized spacial score (nSPS) is 13.2. The second-order valence-electron chi connectivity index (χ2n) is 4.47. The molecule has 8 heteroatoms. The van der Waals surface area contributed by atoms with Gasteiger partial charge in [-0.3, -0.25) is 0 Å². The van der Waals surface area contributed by atoms with Crippen LogP contribution in [-0.4, -0.2) is 46.8 Å². The number of rotatable bonds is 6. The third kappa shape index (κ3) is 6.88. The zero-order chi connectivity index (χ0) is 15.2. The largest absolute Gasteiger partial charge is 0.480 e. The van der Waals surface area contributed by atoms with Crippen LogP contribution in [0.2, 0.25) is 0 Å². The molecular weight excluding hydrogens is 265 g/mol. The number of amides is 2. The van der Waals surface area contributed by atoms with Gasteiger partial charge >= 0.3 is 18.2 Å². The summed E-state index contributed by atoms with van der Waals surface area (Å²) in [7, 11) is 0. The molecule has 0 radical (unpaired) electrons. The number of urea groups is 1. The fourth-order valence-corrected chi connectivity index (χ4v) is 1.46. The summed E-state index contributed by atoms with van der Waals surface area (Å²) in [6, 6.07) is -2.88. The van der Waals surface area contributed by atoms with Gasteiger partial charge in [-0.05, 0) is 20.3 Å². The van der Waals surface area contributed by atoms with E-state index in [1.807, 2.05) is 0 Å². The molecule has 0 saturated heterocycles. The summed E-state index contributed by atoms with van der Waals surface area (Å²) in [5.41, 5.74) is 0. The molecule has 0 spiro atoms. The van der Waals surface area contributed by atoms with Gasteiger partial charge in [-0.2, -0.15) is 13.2 Å². The minimum atomic E-state index is -4.52. The summed E-state index contributed by atoms with van der Waals surface area (Å²) in [6.07, 6.45) is -3.86. The standard InChI is InChI=1S/C11H19F3N2O3/c1-4-5-8(9(17)18)15-10(19)16(7(2)3)6-11(12,13)14/h7-8H,4-6H2,1-3H3,(H,15,19)(H,17,18)/t8-/m1/s1. The summed E-state index contributed by atoms with van der Waals surface area (Å²) >= 11 is 0. The van der Waals surface area contributed by atoms with Gasteiger partial charge < -0.3 is 15.3 Å². The molecule has 5 nitrogen and oxygen atoms in total. The lowest BCUT2D eigenvalue weighted by molar-refractivity contribution is -0.143. The van der Waals surface area contributed by atoms with Crippen LogP contribution in [0.25, 0.3) is 0 Å². The van der Waals surface area contributed by atoms with Crippen molar-refractivity contribution in [1.29, 1.82) is 0 Å². The minimum Gasteiger partial charge on any atom is -0.480 e. The Hall–Kier alpha value is -1.47. The first kappa shape index (κ1) is 17.5. The molecule has 0 aromatic heterocycles.